The van der Waals surface area contributed by atoms with Crippen LogP contribution < -0.4 is 4.74 Å². The standard InChI is InChI=1S/C22H21N3O2S2/c1-14(2)15-4-6-17(7-5-15)21-23-12-19(29-21)13-28-22-25-24-20(27-22)16-8-10-18(26-3)11-9-16/h4-12,14H,13H2,1-3H3. The van der Waals surface area contributed by atoms with Gasteiger partial charge in [0.1, 0.15) is 10.8 Å². The Bertz CT molecular complexity index is 1070. The van der Waals surface area contributed by atoms with Gasteiger partial charge in [-0.25, -0.2) is 4.98 Å². The minimum Gasteiger partial charge on any atom is -0.497 e. The summed E-state index contributed by atoms with van der Waals surface area (Å²) in [4.78, 5) is 5.74. The van der Waals surface area contributed by atoms with E-state index in [4.69, 9.17) is 9.15 Å². The fourth-order valence-electron chi connectivity index (χ4n) is 2.77. The lowest BCUT2D eigenvalue weighted by Crippen LogP contribution is -1.86. The van der Waals surface area contributed by atoms with E-state index in [0.717, 1.165) is 27.6 Å². The van der Waals surface area contributed by atoms with Crippen molar-refractivity contribution in [1.82, 2.24) is 15.2 Å². The predicted molar refractivity (Wildman–Crippen MR) is 117 cm³/mol. The first-order valence-electron chi connectivity index (χ1n) is 9.28. The molecular weight excluding hydrogens is 402 g/mol. The lowest BCUT2D eigenvalue weighted by atomic mass is 10.0. The van der Waals surface area contributed by atoms with Crippen LogP contribution in [0.3, 0.4) is 0 Å². The molecule has 0 bridgehead atoms. The third-order valence-corrected chi connectivity index (χ3v) is 6.56. The largest absolute Gasteiger partial charge is 0.497 e. The fourth-order valence-corrected chi connectivity index (χ4v) is 4.47. The normalized spacial score (nSPS) is 11.2. The zero-order chi connectivity index (χ0) is 20.2. The number of hydrogen-bond donors (Lipinski definition) is 0. The van der Waals surface area contributed by atoms with E-state index in [-0.39, 0.29) is 0 Å². The molecule has 0 unspecified atom stereocenters. The van der Waals surface area contributed by atoms with Gasteiger partial charge in [0.15, 0.2) is 0 Å². The Kier molecular flexibility index (Phi) is 5.97. The van der Waals surface area contributed by atoms with Crippen LogP contribution in [0.25, 0.3) is 22.0 Å². The van der Waals surface area contributed by atoms with Crippen molar-refractivity contribution in [3.8, 4) is 27.8 Å². The molecule has 0 aliphatic heterocycles. The first-order valence-corrected chi connectivity index (χ1v) is 11.1. The number of rotatable bonds is 7. The highest BCUT2D eigenvalue weighted by Gasteiger charge is 2.11. The van der Waals surface area contributed by atoms with Crippen LogP contribution in [0.1, 0.15) is 30.2 Å². The third-order valence-electron chi connectivity index (χ3n) is 4.46. The molecule has 0 fully saturated rings. The van der Waals surface area contributed by atoms with E-state index < -0.39 is 0 Å². The van der Waals surface area contributed by atoms with Crippen LogP contribution in [0.4, 0.5) is 0 Å². The van der Waals surface area contributed by atoms with Gasteiger partial charge in [0.2, 0.25) is 5.89 Å². The zero-order valence-corrected chi connectivity index (χ0v) is 18.1. The lowest BCUT2D eigenvalue weighted by Gasteiger charge is -2.05. The molecule has 0 amide bonds. The highest BCUT2D eigenvalue weighted by molar-refractivity contribution is 7.98. The number of benzene rings is 2. The number of nitrogens with zero attached hydrogens (tertiary/aromatic N) is 3. The van der Waals surface area contributed by atoms with E-state index in [0.29, 0.717) is 17.0 Å². The molecule has 7 heteroatoms. The minimum atomic E-state index is 0.505. The van der Waals surface area contributed by atoms with Crippen LogP contribution in [0.2, 0.25) is 0 Å². The number of methoxy groups -OCH3 is 1. The SMILES string of the molecule is COc1ccc(-c2nnc(SCc3cnc(-c4ccc(C(C)C)cc4)s3)o2)cc1. The van der Waals surface area contributed by atoms with Crippen molar-refractivity contribution >= 4 is 23.1 Å². The maximum absolute atomic E-state index is 5.78. The second-order valence-corrected chi connectivity index (χ2v) is 8.84. The quantitative estimate of drug-likeness (QED) is 0.326. The van der Waals surface area contributed by atoms with Gasteiger partial charge in [0.25, 0.3) is 5.22 Å². The summed E-state index contributed by atoms with van der Waals surface area (Å²) in [5, 5.41) is 9.86. The van der Waals surface area contributed by atoms with Crippen molar-refractivity contribution in [2.45, 2.75) is 30.7 Å². The first kappa shape index (κ1) is 19.7. The average Bonchev–Trinajstić information content (AvgIpc) is 3.42. The van der Waals surface area contributed by atoms with Crippen LogP contribution >= 0.6 is 23.1 Å². The summed E-state index contributed by atoms with van der Waals surface area (Å²) < 4.78 is 10.9. The molecule has 4 rings (SSSR count). The molecule has 2 aromatic heterocycles. The monoisotopic (exact) mass is 423 g/mol. The summed E-state index contributed by atoms with van der Waals surface area (Å²) in [6.45, 7) is 4.40. The van der Waals surface area contributed by atoms with Crippen LogP contribution in [0.15, 0.2) is 64.4 Å². The molecule has 2 aromatic carbocycles. The number of hydrogen-bond acceptors (Lipinski definition) is 7. The molecule has 5 nitrogen and oxygen atoms in total. The Balaban J connectivity index is 1.39. The van der Waals surface area contributed by atoms with Crippen molar-refractivity contribution in [3.05, 3.63) is 65.2 Å². The Morgan fingerprint density at radius 1 is 1.00 bits per heavy atom. The van der Waals surface area contributed by atoms with Gasteiger partial charge in [0, 0.05) is 28.0 Å². The predicted octanol–water partition coefficient (Wildman–Crippen LogP) is 6.28. The van der Waals surface area contributed by atoms with E-state index >= 15 is 0 Å². The molecular formula is C22H21N3O2S2. The Hall–Kier alpha value is -2.64. The van der Waals surface area contributed by atoms with Gasteiger partial charge in [-0.1, -0.05) is 49.9 Å². The van der Waals surface area contributed by atoms with Crippen LogP contribution in [-0.4, -0.2) is 22.3 Å². The summed E-state index contributed by atoms with van der Waals surface area (Å²) in [7, 11) is 1.64. The van der Waals surface area contributed by atoms with Crippen molar-refractivity contribution < 1.29 is 9.15 Å². The molecule has 4 aromatic rings. The lowest BCUT2D eigenvalue weighted by molar-refractivity contribution is 0.414. The van der Waals surface area contributed by atoms with Gasteiger partial charge < -0.3 is 9.15 Å². The maximum Gasteiger partial charge on any atom is 0.277 e. The van der Waals surface area contributed by atoms with Gasteiger partial charge in [-0.15, -0.1) is 21.5 Å². The molecule has 0 spiro atoms. The van der Waals surface area contributed by atoms with Crippen molar-refractivity contribution in [3.63, 3.8) is 0 Å². The van der Waals surface area contributed by atoms with E-state index in [1.807, 2.05) is 30.5 Å². The van der Waals surface area contributed by atoms with E-state index in [1.54, 1.807) is 18.4 Å². The number of aromatic nitrogens is 3. The highest BCUT2D eigenvalue weighted by Crippen LogP contribution is 2.31. The summed E-state index contributed by atoms with van der Waals surface area (Å²) in [5.74, 6) is 2.57. The molecule has 0 radical (unpaired) electrons. The van der Waals surface area contributed by atoms with Gasteiger partial charge in [-0.05, 0) is 35.7 Å². The maximum atomic E-state index is 5.78. The highest BCUT2D eigenvalue weighted by atomic mass is 32.2. The van der Waals surface area contributed by atoms with Crippen molar-refractivity contribution in [1.29, 1.82) is 0 Å². The molecule has 0 aliphatic carbocycles. The van der Waals surface area contributed by atoms with E-state index in [9.17, 15) is 0 Å². The molecule has 0 saturated heterocycles. The summed E-state index contributed by atoms with van der Waals surface area (Å²) in [6, 6.07) is 16.2. The number of ether oxygens (including phenoxy) is 1. The Morgan fingerprint density at radius 2 is 1.72 bits per heavy atom. The second kappa shape index (κ2) is 8.80. The van der Waals surface area contributed by atoms with Gasteiger partial charge >= 0.3 is 0 Å². The summed E-state index contributed by atoms with van der Waals surface area (Å²) in [5.41, 5.74) is 3.36. The minimum absolute atomic E-state index is 0.505. The van der Waals surface area contributed by atoms with Gasteiger partial charge in [0.05, 0.1) is 7.11 Å². The smallest absolute Gasteiger partial charge is 0.277 e. The van der Waals surface area contributed by atoms with Gasteiger partial charge in [-0.3, -0.25) is 0 Å². The van der Waals surface area contributed by atoms with Crippen molar-refractivity contribution in [2.75, 3.05) is 7.11 Å². The first-order chi connectivity index (χ1) is 14.1. The second-order valence-electron chi connectivity index (χ2n) is 6.80. The van der Waals surface area contributed by atoms with Crippen molar-refractivity contribution in [2.24, 2.45) is 0 Å². The fraction of sp³-hybridized carbons (Fsp3) is 0.227. The number of thioether (sulfide) groups is 1. The van der Waals surface area contributed by atoms with E-state index in [2.05, 4.69) is 53.3 Å². The molecule has 0 atom stereocenters. The zero-order valence-electron chi connectivity index (χ0n) is 16.5. The Labute approximate surface area is 178 Å². The molecule has 29 heavy (non-hydrogen) atoms. The average molecular weight is 424 g/mol. The molecule has 148 valence electrons. The molecule has 0 aliphatic rings. The molecule has 0 N–H and O–H groups in total. The van der Waals surface area contributed by atoms with Crippen LogP contribution in [0, 0.1) is 0 Å². The molecule has 0 saturated carbocycles. The third kappa shape index (κ3) is 4.68. The summed E-state index contributed by atoms with van der Waals surface area (Å²) >= 11 is 3.21. The van der Waals surface area contributed by atoms with Crippen LogP contribution in [0.5, 0.6) is 5.75 Å². The molecule has 2 heterocycles. The number of thiazole rings is 1. The van der Waals surface area contributed by atoms with Crippen LogP contribution in [-0.2, 0) is 5.75 Å². The Morgan fingerprint density at radius 3 is 2.41 bits per heavy atom. The van der Waals surface area contributed by atoms with Gasteiger partial charge in [-0.2, -0.15) is 0 Å². The topological polar surface area (TPSA) is 61.0 Å². The summed E-state index contributed by atoms with van der Waals surface area (Å²) in [6.07, 6.45) is 1.92. The van der Waals surface area contributed by atoms with E-state index in [1.165, 1.54) is 22.2 Å².